The third-order valence-corrected chi connectivity index (χ3v) is 6.50. The lowest BCUT2D eigenvalue weighted by molar-refractivity contribution is 0.562. The Bertz CT molecular complexity index is 1110. The summed E-state index contributed by atoms with van der Waals surface area (Å²) >= 11 is 1.64. The zero-order chi connectivity index (χ0) is 24.2. The Kier molecular flexibility index (Phi) is 10.5. The van der Waals surface area contributed by atoms with Crippen LogP contribution in [0.5, 0.6) is 0 Å². The second-order valence-electron chi connectivity index (χ2n) is 7.62. The average Bonchev–Trinajstić information content (AvgIpc) is 2.85. The molecule has 0 spiro atoms. The third-order valence-electron chi connectivity index (χ3n) is 5.23. The quantitative estimate of drug-likeness (QED) is 0.299. The number of nitrogens with two attached hydrogens (primary N) is 1. The first-order valence-corrected chi connectivity index (χ1v) is 11.9. The van der Waals surface area contributed by atoms with Crippen molar-refractivity contribution in [3.63, 3.8) is 0 Å². The van der Waals surface area contributed by atoms with Crippen molar-refractivity contribution < 1.29 is 0 Å². The van der Waals surface area contributed by atoms with Gasteiger partial charge in [0.15, 0.2) is 5.82 Å². The van der Waals surface area contributed by atoms with Gasteiger partial charge in [-0.3, -0.25) is 0 Å². The van der Waals surface area contributed by atoms with Crippen molar-refractivity contribution in [2.45, 2.75) is 45.6 Å². The molecule has 0 radical (unpaired) electrons. The Labute approximate surface area is 202 Å². The predicted molar refractivity (Wildman–Crippen MR) is 142 cm³/mol. The van der Waals surface area contributed by atoms with Crippen LogP contribution in [0.1, 0.15) is 50.7 Å². The van der Waals surface area contributed by atoms with Gasteiger partial charge in [-0.2, -0.15) is 5.26 Å². The molecule has 0 amide bonds. The van der Waals surface area contributed by atoms with Crippen LogP contribution < -0.4 is 11.1 Å². The van der Waals surface area contributed by atoms with Crippen LogP contribution in [0.4, 0.5) is 0 Å². The second-order valence-corrected chi connectivity index (χ2v) is 8.64. The molecule has 2 rings (SSSR count). The summed E-state index contributed by atoms with van der Waals surface area (Å²) in [6, 6.07) is 9.95. The number of aliphatic imine (C=N–C) groups is 1. The van der Waals surface area contributed by atoms with Gasteiger partial charge in [-0.25, -0.2) is 4.99 Å². The molecule has 0 fully saturated rings. The zero-order valence-corrected chi connectivity index (χ0v) is 20.6. The molecule has 0 saturated heterocycles. The molecule has 1 aromatic carbocycles. The van der Waals surface area contributed by atoms with E-state index < -0.39 is 0 Å². The lowest BCUT2D eigenvalue weighted by atomic mass is 10.00. The maximum absolute atomic E-state index is 9.15. The molecule has 1 unspecified atom stereocenters. The first-order chi connectivity index (χ1) is 16.0. The molecule has 1 aliphatic rings. The molecular weight excluding hydrogens is 424 g/mol. The molecule has 0 saturated carbocycles. The van der Waals surface area contributed by atoms with Crippen molar-refractivity contribution in [2.75, 3.05) is 7.05 Å². The normalized spacial score (nSPS) is 14.5. The highest BCUT2D eigenvalue weighted by atomic mass is 32.2. The molecule has 0 aromatic heterocycles. The zero-order valence-electron chi connectivity index (χ0n) is 19.7. The summed E-state index contributed by atoms with van der Waals surface area (Å²) in [6.07, 6.45) is 9.70. The summed E-state index contributed by atoms with van der Waals surface area (Å²) < 4.78 is 0. The lowest BCUT2D eigenvalue weighted by Gasteiger charge is -2.19. The monoisotopic (exact) mass is 456 g/mol. The van der Waals surface area contributed by atoms with Gasteiger partial charge in [-0.15, -0.1) is 5.73 Å². The molecule has 33 heavy (non-hydrogen) atoms. The van der Waals surface area contributed by atoms with Gasteiger partial charge in [0.1, 0.15) is 0 Å². The fraction of sp³-hybridized carbons (Fsp3) is 0.286. The van der Waals surface area contributed by atoms with Crippen molar-refractivity contribution in [2.24, 2.45) is 10.7 Å². The van der Waals surface area contributed by atoms with Crippen molar-refractivity contribution >= 4 is 23.5 Å². The number of rotatable bonds is 11. The van der Waals surface area contributed by atoms with Crippen LogP contribution in [0, 0.1) is 11.3 Å². The van der Waals surface area contributed by atoms with E-state index in [4.69, 9.17) is 11.0 Å². The van der Waals surface area contributed by atoms with E-state index in [9.17, 15) is 0 Å². The molecule has 170 valence electrons. The van der Waals surface area contributed by atoms with E-state index >= 15 is 0 Å². The van der Waals surface area contributed by atoms with E-state index in [1.807, 2.05) is 49.6 Å². The lowest BCUT2D eigenvalue weighted by Crippen LogP contribution is -2.19. The smallest absolute Gasteiger partial charge is 0.169 e. The van der Waals surface area contributed by atoms with E-state index in [-0.39, 0.29) is 6.04 Å². The predicted octanol–water partition coefficient (Wildman–Crippen LogP) is 6.38. The van der Waals surface area contributed by atoms with Crippen LogP contribution in [0.3, 0.4) is 0 Å². The van der Waals surface area contributed by atoms with Gasteiger partial charge in [-0.1, -0.05) is 62.2 Å². The molecule has 0 bridgehead atoms. The first kappa shape index (κ1) is 26.0. The van der Waals surface area contributed by atoms with Crippen LogP contribution >= 0.6 is 11.8 Å². The fourth-order valence-electron chi connectivity index (χ4n) is 3.30. The fourth-order valence-corrected chi connectivity index (χ4v) is 4.45. The van der Waals surface area contributed by atoms with Gasteiger partial charge in [0, 0.05) is 35.4 Å². The molecule has 1 heterocycles. The Hall–Kier alpha value is -3.25. The number of nitrogens with zero attached hydrogens (tertiary/aromatic N) is 2. The number of nitriles is 1. The number of hydrogen-bond donors (Lipinski definition) is 2. The van der Waals surface area contributed by atoms with Crippen molar-refractivity contribution in [1.29, 1.82) is 5.26 Å². The highest BCUT2D eigenvalue weighted by molar-refractivity contribution is 8.07. The Morgan fingerprint density at radius 2 is 2.06 bits per heavy atom. The van der Waals surface area contributed by atoms with Gasteiger partial charge < -0.3 is 11.1 Å². The summed E-state index contributed by atoms with van der Waals surface area (Å²) in [5.74, 6) is 0.566. The van der Waals surface area contributed by atoms with Gasteiger partial charge in [0.25, 0.3) is 0 Å². The van der Waals surface area contributed by atoms with E-state index in [1.54, 1.807) is 18.8 Å². The number of thioether (sulfide) groups is 1. The van der Waals surface area contributed by atoms with Crippen LogP contribution in [-0.2, 0) is 0 Å². The van der Waals surface area contributed by atoms with E-state index in [1.165, 1.54) is 0 Å². The van der Waals surface area contributed by atoms with Crippen LogP contribution in [-0.4, -0.2) is 19.3 Å². The summed E-state index contributed by atoms with van der Waals surface area (Å²) in [5, 5.41) is 12.1. The summed E-state index contributed by atoms with van der Waals surface area (Å²) in [7, 11) is 1.79. The van der Waals surface area contributed by atoms with Crippen molar-refractivity contribution in [3.05, 3.63) is 98.9 Å². The number of benzene rings is 1. The summed E-state index contributed by atoms with van der Waals surface area (Å²) in [4.78, 5) is 6.54. The molecule has 3 N–H and O–H groups in total. The highest BCUT2D eigenvalue weighted by Gasteiger charge is 2.19. The van der Waals surface area contributed by atoms with E-state index in [0.29, 0.717) is 11.4 Å². The van der Waals surface area contributed by atoms with Crippen LogP contribution in [0.2, 0.25) is 0 Å². The standard InChI is InChI=1S/C28H32N4S/c1-6-9-24(30)15-10-20(4)26-17-16-25(23-13-11-21(18-29)12-14-23)28(33-26)22(7-2)19-32-27(8-3)31-5/h7,11-14,16,19,24,31H,3-4,6,9-10,15,30H2,1-2,5H3/b22-7+,32-19?. The van der Waals surface area contributed by atoms with Crippen molar-refractivity contribution in [3.8, 4) is 6.07 Å². The van der Waals surface area contributed by atoms with Gasteiger partial charge >= 0.3 is 0 Å². The highest BCUT2D eigenvalue weighted by Crippen LogP contribution is 2.43. The largest absolute Gasteiger partial charge is 0.367 e. The SMILES string of the molecule is C=C=C(N=C/C(=C\C)C1=C(c2ccc(C#N)cc2)C=C=C(C(=C)CCC(N)CCC)S1)NC. The maximum Gasteiger partial charge on any atom is 0.169 e. The van der Waals surface area contributed by atoms with E-state index in [0.717, 1.165) is 57.8 Å². The van der Waals surface area contributed by atoms with Gasteiger partial charge in [-0.05, 0) is 55.5 Å². The topological polar surface area (TPSA) is 74.2 Å². The molecule has 1 atom stereocenters. The third kappa shape index (κ3) is 7.39. The number of nitrogens with one attached hydrogen (secondary N) is 1. The molecule has 5 heteroatoms. The average molecular weight is 457 g/mol. The molecule has 0 aliphatic carbocycles. The first-order valence-electron chi connectivity index (χ1n) is 11.1. The Morgan fingerprint density at radius 1 is 1.33 bits per heavy atom. The molecule has 1 aliphatic heterocycles. The summed E-state index contributed by atoms with van der Waals surface area (Å²) in [6.45, 7) is 12.1. The van der Waals surface area contributed by atoms with Crippen molar-refractivity contribution in [1.82, 2.24) is 5.32 Å². The number of allylic oxidation sites excluding steroid dienone is 4. The molecule has 1 aromatic rings. The Balaban J connectivity index is 2.44. The minimum absolute atomic E-state index is 0.193. The Morgan fingerprint density at radius 3 is 2.64 bits per heavy atom. The summed E-state index contributed by atoms with van der Waals surface area (Å²) in [5.41, 5.74) is 17.1. The van der Waals surface area contributed by atoms with Crippen LogP contribution in [0.15, 0.2) is 92.8 Å². The minimum Gasteiger partial charge on any atom is -0.367 e. The van der Waals surface area contributed by atoms with E-state index in [2.05, 4.69) is 47.9 Å². The maximum atomic E-state index is 9.15. The van der Waals surface area contributed by atoms with Crippen LogP contribution in [0.25, 0.3) is 5.57 Å². The minimum atomic E-state index is 0.193. The van der Waals surface area contributed by atoms with Gasteiger partial charge in [0.2, 0.25) is 0 Å². The number of hydrogen-bond acceptors (Lipinski definition) is 5. The van der Waals surface area contributed by atoms with Gasteiger partial charge in [0.05, 0.1) is 16.5 Å². The molecule has 4 nitrogen and oxygen atoms in total. The second kappa shape index (κ2) is 13.3. The molecular formula is C28H32N4S.